The number of aliphatic hydroxyl groups is 1. The average Bonchev–Trinajstić information content (AvgIpc) is 2.97. The van der Waals surface area contributed by atoms with Crippen LogP contribution in [0.4, 0.5) is 0 Å². The molecule has 0 spiro atoms. The second-order valence-corrected chi connectivity index (χ2v) is 6.65. The number of nitrogens with zero attached hydrogens (tertiary/aromatic N) is 2. The van der Waals surface area contributed by atoms with Crippen LogP contribution in [-0.4, -0.2) is 39.6 Å². The van der Waals surface area contributed by atoms with Crippen molar-refractivity contribution in [2.24, 2.45) is 11.8 Å². The molecular weight excluding hydrogens is 280 g/mol. The van der Waals surface area contributed by atoms with Gasteiger partial charge in [-0.25, -0.2) is 4.98 Å². The van der Waals surface area contributed by atoms with E-state index < -0.39 is 5.60 Å². The van der Waals surface area contributed by atoms with Gasteiger partial charge in [-0.1, -0.05) is 20.8 Å². The van der Waals surface area contributed by atoms with Gasteiger partial charge in [0, 0.05) is 24.9 Å². The van der Waals surface area contributed by atoms with Gasteiger partial charge in [0.2, 0.25) is 0 Å². The average molecular weight is 302 g/mol. The first-order valence-corrected chi connectivity index (χ1v) is 7.70. The summed E-state index contributed by atoms with van der Waals surface area (Å²) in [4.78, 5) is 18.7. The number of hydrogen-bond donors (Lipinski definition) is 1. The third-order valence-corrected chi connectivity index (χ3v) is 4.82. The first-order chi connectivity index (χ1) is 10.3. The number of likely N-dealkylation sites (tertiary alicyclic amines) is 1. The van der Waals surface area contributed by atoms with Crippen molar-refractivity contribution in [3.05, 3.63) is 29.7 Å². The molecule has 1 fully saturated rings. The molecule has 1 aromatic heterocycles. The van der Waals surface area contributed by atoms with Crippen molar-refractivity contribution in [1.82, 2.24) is 9.88 Å². The first kappa shape index (κ1) is 15.0. The fraction of sp³-hybridized carbons (Fsp3) is 0.529. The van der Waals surface area contributed by atoms with E-state index in [1.165, 1.54) is 0 Å². The molecule has 1 aliphatic rings. The maximum atomic E-state index is 12.7. The van der Waals surface area contributed by atoms with Gasteiger partial charge >= 0.3 is 0 Å². The molecule has 0 bridgehead atoms. The van der Waals surface area contributed by atoms with Crippen LogP contribution in [0.25, 0.3) is 11.1 Å². The predicted molar refractivity (Wildman–Crippen MR) is 83.6 cm³/mol. The Hall–Kier alpha value is -1.88. The lowest BCUT2D eigenvalue weighted by atomic mass is 9.82. The topological polar surface area (TPSA) is 66.6 Å². The third kappa shape index (κ3) is 2.29. The molecular formula is C17H22N2O3. The minimum absolute atomic E-state index is 0.0627. The maximum absolute atomic E-state index is 12.7. The highest BCUT2D eigenvalue weighted by Crippen LogP contribution is 2.34. The molecule has 2 unspecified atom stereocenters. The summed E-state index contributed by atoms with van der Waals surface area (Å²) in [6, 6.07) is 5.30. The van der Waals surface area contributed by atoms with Crippen molar-refractivity contribution in [2.75, 3.05) is 13.1 Å². The van der Waals surface area contributed by atoms with Gasteiger partial charge < -0.3 is 14.4 Å². The van der Waals surface area contributed by atoms with Crippen LogP contribution in [0, 0.1) is 18.8 Å². The number of aryl methyl sites for hydroxylation is 1. The molecule has 0 radical (unpaired) electrons. The van der Waals surface area contributed by atoms with E-state index in [0.29, 0.717) is 30.1 Å². The normalized spacial score (nSPS) is 25.4. The first-order valence-electron chi connectivity index (χ1n) is 7.70. The molecule has 2 atom stereocenters. The summed E-state index contributed by atoms with van der Waals surface area (Å²) in [7, 11) is 0. The monoisotopic (exact) mass is 302 g/mol. The molecule has 118 valence electrons. The van der Waals surface area contributed by atoms with Crippen LogP contribution >= 0.6 is 0 Å². The van der Waals surface area contributed by atoms with E-state index in [1.54, 1.807) is 30.0 Å². The fourth-order valence-electron chi connectivity index (χ4n) is 3.28. The number of hydrogen-bond acceptors (Lipinski definition) is 4. The third-order valence-electron chi connectivity index (χ3n) is 4.82. The molecule has 1 aliphatic heterocycles. The Balaban J connectivity index is 1.87. The predicted octanol–water partition coefficient (Wildman–Crippen LogP) is 2.62. The number of amides is 1. The van der Waals surface area contributed by atoms with E-state index in [9.17, 15) is 9.90 Å². The van der Waals surface area contributed by atoms with Gasteiger partial charge in [-0.05, 0) is 24.1 Å². The van der Waals surface area contributed by atoms with Gasteiger partial charge in [0.05, 0.1) is 12.1 Å². The molecule has 0 aliphatic carbocycles. The van der Waals surface area contributed by atoms with Crippen LogP contribution in [0.3, 0.4) is 0 Å². The SMILES string of the molecule is Cc1nc2ccc(C(=O)N3CC(C)C(O)(C(C)C)C3)cc2o1. The molecule has 5 heteroatoms. The second kappa shape index (κ2) is 5.09. The molecule has 2 aromatic rings. The van der Waals surface area contributed by atoms with Crippen molar-refractivity contribution < 1.29 is 14.3 Å². The second-order valence-electron chi connectivity index (χ2n) is 6.65. The summed E-state index contributed by atoms with van der Waals surface area (Å²) in [6.07, 6.45) is 0. The standard InChI is InChI=1S/C17H22N2O3/c1-10(2)17(21)9-19(8-11(17)3)16(20)13-5-6-14-15(7-13)22-12(4)18-14/h5-7,10-11,21H,8-9H2,1-4H3. The smallest absolute Gasteiger partial charge is 0.254 e. The van der Waals surface area contributed by atoms with Crippen LogP contribution in [0.1, 0.15) is 37.0 Å². The largest absolute Gasteiger partial charge is 0.441 e. The summed E-state index contributed by atoms with van der Waals surface area (Å²) in [6.45, 7) is 8.71. The quantitative estimate of drug-likeness (QED) is 0.926. The summed E-state index contributed by atoms with van der Waals surface area (Å²) in [5.41, 5.74) is 1.13. The van der Waals surface area contributed by atoms with Crippen LogP contribution in [-0.2, 0) is 0 Å². The number of carbonyl (C=O) groups is 1. The molecule has 22 heavy (non-hydrogen) atoms. The molecule has 1 N–H and O–H groups in total. The molecule has 5 nitrogen and oxygen atoms in total. The van der Waals surface area contributed by atoms with Crippen molar-refractivity contribution in [3.8, 4) is 0 Å². The Morgan fingerprint density at radius 1 is 1.50 bits per heavy atom. The van der Waals surface area contributed by atoms with Crippen LogP contribution in [0.2, 0.25) is 0 Å². The van der Waals surface area contributed by atoms with Crippen molar-refractivity contribution >= 4 is 17.0 Å². The highest BCUT2D eigenvalue weighted by Gasteiger charge is 2.46. The molecule has 1 amide bonds. The Labute approximate surface area is 129 Å². The number of rotatable bonds is 2. The van der Waals surface area contributed by atoms with E-state index in [0.717, 1.165) is 5.52 Å². The number of carbonyl (C=O) groups excluding carboxylic acids is 1. The Morgan fingerprint density at radius 3 is 2.86 bits per heavy atom. The van der Waals surface area contributed by atoms with Gasteiger partial charge in [-0.3, -0.25) is 4.79 Å². The van der Waals surface area contributed by atoms with Gasteiger partial charge in [-0.15, -0.1) is 0 Å². The number of β-amino-alcohol motifs (C(OH)–C–C–N with tert-alkyl or cyclic N) is 1. The van der Waals surface area contributed by atoms with Crippen LogP contribution in [0.5, 0.6) is 0 Å². The van der Waals surface area contributed by atoms with Gasteiger partial charge in [-0.2, -0.15) is 0 Å². The van der Waals surface area contributed by atoms with E-state index in [-0.39, 0.29) is 17.7 Å². The summed E-state index contributed by atoms with van der Waals surface area (Å²) in [5, 5.41) is 10.8. The lowest BCUT2D eigenvalue weighted by Gasteiger charge is -2.31. The van der Waals surface area contributed by atoms with Crippen LogP contribution in [0.15, 0.2) is 22.6 Å². The fourth-order valence-corrected chi connectivity index (χ4v) is 3.28. The molecule has 1 aromatic carbocycles. The van der Waals surface area contributed by atoms with Crippen molar-refractivity contribution in [1.29, 1.82) is 0 Å². The van der Waals surface area contributed by atoms with Gasteiger partial charge in [0.1, 0.15) is 5.52 Å². The zero-order valence-corrected chi connectivity index (χ0v) is 13.5. The minimum Gasteiger partial charge on any atom is -0.441 e. The molecule has 0 saturated carbocycles. The highest BCUT2D eigenvalue weighted by molar-refractivity contribution is 5.97. The lowest BCUT2D eigenvalue weighted by molar-refractivity contribution is -0.0243. The van der Waals surface area contributed by atoms with Crippen molar-refractivity contribution in [2.45, 2.75) is 33.3 Å². The Morgan fingerprint density at radius 2 is 2.23 bits per heavy atom. The molecule has 3 rings (SSSR count). The number of oxazole rings is 1. The lowest BCUT2D eigenvalue weighted by Crippen LogP contribution is -2.43. The van der Waals surface area contributed by atoms with E-state index >= 15 is 0 Å². The zero-order chi connectivity index (χ0) is 16.1. The van der Waals surface area contributed by atoms with Crippen molar-refractivity contribution in [3.63, 3.8) is 0 Å². The highest BCUT2D eigenvalue weighted by atomic mass is 16.3. The summed E-state index contributed by atoms with van der Waals surface area (Å²) < 4.78 is 5.49. The van der Waals surface area contributed by atoms with E-state index in [1.807, 2.05) is 20.8 Å². The van der Waals surface area contributed by atoms with E-state index in [2.05, 4.69) is 4.98 Å². The number of aromatic nitrogens is 1. The van der Waals surface area contributed by atoms with E-state index in [4.69, 9.17) is 4.42 Å². The minimum atomic E-state index is -0.817. The molecule has 1 saturated heterocycles. The maximum Gasteiger partial charge on any atom is 0.254 e. The van der Waals surface area contributed by atoms with Crippen LogP contribution < -0.4 is 0 Å². The number of fused-ring (bicyclic) bond motifs is 1. The number of benzene rings is 1. The van der Waals surface area contributed by atoms with Gasteiger partial charge in [0.25, 0.3) is 5.91 Å². The van der Waals surface area contributed by atoms with Gasteiger partial charge in [0.15, 0.2) is 11.5 Å². The summed E-state index contributed by atoms with van der Waals surface area (Å²) >= 11 is 0. The zero-order valence-electron chi connectivity index (χ0n) is 13.5. The Kier molecular flexibility index (Phi) is 3.48. The molecule has 2 heterocycles. The Bertz CT molecular complexity index is 722. The summed E-state index contributed by atoms with van der Waals surface area (Å²) in [5.74, 6) is 0.690.